The van der Waals surface area contributed by atoms with Gasteiger partial charge in [-0.15, -0.1) is 0 Å². The molecule has 0 bridgehead atoms. The number of nitrogens with one attached hydrogen (secondary N) is 1. The molecule has 156 valence electrons. The smallest absolute Gasteiger partial charge is 0.343 e. The number of carbonyl (C=O) groups is 2. The number of anilines is 1. The van der Waals surface area contributed by atoms with Crippen LogP contribution >= 0.6 is 0 Å². The molecule has 1 amide bonds. The van der Waals surface area contributed by atoms with Crippen molar-refractivity contribution in [2.75, 3.05) is 47.5 Å². The third kappa shape index (κ3) is 5.01. The molecule has 0 atom stereocenters. The minimum absolute atomic E-state index is 0.224. The highest BCUT2D eigenvalue weighted by atomic mass is 16.6. The maximum Gasteiger partial charge on any atom is 0.343 e. The van der Waals surface area contributed by atoms with Crippen LogP contribution in [0.1, 0.15) is 10.4 Å². The van der Waals surface area contributed by atoms with E-state index in [0.717, 1.165) is 0 Å². The summed E-state index contributed by atoms with van der Waals surface area (Å²) in [4.78, 5) is 24.2. The van der Waals surface area contributed by atoms with Crippen molar-refractivity contribution in [3.8, 4) is 28.7 Å². The number of hydrogen-bond donors (Lipinski definition) is 1. The predicted octanol–water partition coefficient (Wildman–Crippen LogP) is 2.53. The Bertz CT molecular complexity index is 881. The average Bonchev–Trinajstić information content (AvgIpc) is 2.76. The summed E-state index contributed by atoms with van der Waals surface area (Å²) in [6, 6.07) is 7.90. The van der Waals surface area contributed by atoms with Crippen LogP contribution in [-0.2, 0) is 9.53 Å². The van der Waals surface area contributed by atoms with E-state index < -0.39 is 11.9 Å². The number of carbonyl (C=O) groups excluding carboxylic acids is 2. The van der Waals surface area contributed by atoms with Gasteiger partial charge in [-0.2, -0.15) is 0 Å². The lowest BCUT2D eigenvalue weighted by Gasteiger charge is -2.16. The fraction of sp³-hybridized carbons (Fsp3) is 0.300. The van der Waals surface area contributed by atoms with Crippen LogP contribution in [0.5, 0.6) is 28.7 Å². The SMILES string of the molecule is COC(=O)COc1ccc(OC)c(NC(=O)c2ccc(OC)c(OC)c2OC)c1. The molecule has 9 heteroatoms. The van der Waals surface area contributed by atoms with E-state index in [2.05, 4.69) is 10.1 Å². The first kappa shape index (κ1) is 21.7. The number of benzene rings is 2. The van der Waals surface area contributed by atoms with Gasteiger partial charge in [-0.25, -0.2) is 4.79 Å². The Labute approximate surface area is 168 Å². The lowest BCUT2D eigenvalue weighted by molar-refractivity contribution is -0.142. The molecule has 9 nitrogen and oxygen atoms in total. The molecule has 0 spiro atoms. The fourth-order valence-corrected chi connectivity index (χ4v) is 2.55. The molecule has 0 radical (unpaired) electrons. The standard InChI is InChI=1S/C20H23NO8/c1-24-15-8-6-12(29-11-17(22)26-3)10-14(15)21-20(23)13-7-9-16(25-2)19(28-5)18(13)27-4/h6-10H,11H2,1-5H3,(H,21,23). The monoisotopic (exact) mass is 405 g/mol. The molecule has 0 aromatic heterocycles. The fourth-order valence-electron chi connectivity index (χ4n) is 2.55. The Morgan fingerprint density at radius 1 is 0.828 bits per heavy atom. The van der Waals surface area contributed by atoms with Gasteiger partial charge in [-0.05, 0) is 24.3 Å². The highest BCUT2D eigenvalue weighted by molar-refractivity contribution is 6.07. The number of methoxy groups -OCH3 is 5. The molecule has 0 saturated heterocycles. The van der Waals surface area contributed by atoms with Crippen molar-refractivity contribution in [2.45, 2.75) is 0 Å². The van der Waals surface area contributed by atoms with Gasteiger partial charge in [-0.3, -0.25) is 4.79 Å². The summed E-state index contributed by atoms with van der Waals surface area (Å²) in [5, 5.41) is 2.75. The molecule has 2 rings (SSSR count). The van der Waals surface area contributed by atoms with Gasteiger partial charge in [-0.1, -0.05) is 0 Å². The van der Waals surface area contributed by atoms with E-state index in [4.69, 9.17) is 23.7 Å². The third-order valence-electron chi connectivity index (χ3n) is 3.95. The van der Waals surface area contributed by atoms with E-state index in [0.29, 0.717) is 28.7 Å². The van der Waals surface area contributed by atoms with Crippen molar-refractivity contribution in [1.29, 1.82) is 0 Å². The summed E-state index contributed by atoms with van der Waals surface area (Å²) >= 11 is 0. The number of ether oxygens (including phenoxy) is 6. The summed E-state index contributed by atoms with van der Waals surface area (Å²) < 4.78 is 31.1. The van der Waals surface area contributed by atoms with Crippen LogP contribution < -0.4 is 29.0 Å². The van der Waals surface area contributed by atoms with Crippen LogP contribution in [0, 0.1) is 0 Å². The molecule has 2 aromatic carbocycles. The van der Waals surface area contributed by atoms with Gasteiger partial charge in [0.2, 0.25) is 5.75 Å². The van der Waals surface area contributed by atoms with Crippen molar-refractivity contribution in [3.05, 3.63) is 35.9 Å². The van der Waals surface area contributed by atoms with E-state index in [1.54, 1.807) is 24.3 Å². The van der Waals surface area contributed by atoms with E-state index in [-0.39, 0.29) is 17.9 Å². The summed E-state index contributed by atoms with van der Waals surface area (Å²) in [6.45, 7) is -0.264. The number of hydrogen-bond acceptors (Lipinski definition) is 8. The molecule has 0 aliphatic heterocycles. The zero-order valence-electron chi connectivity index (χ0n) is 16.9. The Balaban J connectivity index is 2.33. The Hall–Kier alpha value is -3.62. The predicted molar refractivity (Wildman–Crippen MR) is 105 cm³/mol. The van der Waals surface area contributed by atoms with Gasteiger partial charge in [0.15, 0.2) is 18.1 Å². The van der Waals surface area contributed by atoms with Crippen molar-refractivity contribution in [3.63, 3.8) is 0 Å². The number of esters is 1. The Kier molecular flexibility index (Phi) is 7.53. The van der Waals surface area contributed by atoms with Gasteiger partial charge < -0.3 is 33.7 Å². The minimum Gasteiger partial charge on any atom is -0.495 e. The zero-order chi connectivity index (χ0) is 21.4. The van der Waals surface area contributed by atoms with Crippen molar-refractivity contribution >= 4 is 17.6 Å². The molecule has 0 saturated carbocycles. The van der Waals surface area contributed by atoms with Crippen molar-refractivity contribution < 1.29 is 38.0 Å². The molecule has 0 aliphatic rings. The highest BCUT2D eigenvalue weighted by Crippen LogP contribution is 2.40. The van der Waals surface area contributed by atoms with Gasteiger partial charge in [0.1, 0.15) is 11.5 Å². The lowest BCUT2D eigenvalue weighted by atomic mass is 10.1. The van der Waals surface area contributed by atoms with E-state index in [9.17, 15) is 9.59 Å². The van der Waals surface area contributed by atoms with Crippen LogP contribution in [-0.4, -0.2) is 54.0 Å². The first-order valence-electron chi connectivity index (χ1n) is 8.47. The molecule has 1 N–H and O–H groups in total. The molecule has 0 aliphatic carbocycles. The summed E-state index contributed by atoms with van der Waals surface area (Å²) in [7, 11) is 7.10. The topological polar surface area (TPSA) is 102 Å². The van der Waals surface area contributed by atoms with Gasteiger partial charge in [0, 0.05) is 6.07 Å². The van der Waals surface area contributed by atoms with Crippen LogP contribution in [0.3, 0.4) is 0 Å². The van der Waals surface area contributed by atoms with Gasteiger partial charge in [0.25, 0.3) is 5.91 Å². The first-order chi connectivity index (χ1) is 14.0. The van der Waals surface area contributed by atoms with Crippen LogP contribution in [0.4, 0.5) is 5.69 Å². The normalized spacial score (nSPS) is 9.97. The minimum atomic E-state index is -0.526. The largest absolute Gasteiger partial charge is 0.495 e. The van der Waals surface area contributed by atoms with E-state index in [1.165, 1.54) is 41.6 Å². The van der Waals surface area contributed by atoms with Crippen molar-refractivity contribution in [1.82, 2.24) is 0 Å². The quantitative estimate of drug-likeness (QED) is 0.635. The Morgan fingerprint density at radius 3 is 2.07 bits per heavy atom. The number of rotatable bonds is 9. The molecule has 0 unspecified atom stereocenters. The molecule has 2 aromatic rings. The second kappa shape index (κ2) is 10.1. The second-order valence-corrected chi connectivity index (χ2v) is 5.56. The van der Waals surface area contributed by atoms with Gasteiger partial charge in [0.05, 0.1) is 46.8 Å². The van der Waals surface area contributed by atoms with Gasteiger partial charge >= 0.3 is 5.97 Å². The zero-order valence-corrected chi connectivity index (χ0v) is 16.9. The first-order valence-corrected chi connectivity index (χ1v) is 8.47. The molecule has 0 heterocycles. The van der Waals surface area contributed by atoms with E-state index >= 15 is 0 Å². The maximum atomic E-state index is 12.9. The average molecular weight is 405 g/mol. The summed E-state index contributed by atoms with van der Waals surface area (Å²) in [6.07, 6.45) is 0. The molecular weight excluding hydrogens is 382 g/mol. The van der Waals surface area contributed by atoms with Crippen LogP contribution in [0.15, 0.2) is 30.3 Å². The summed E-state index contributed by atoms with van der Waals surface area (Å²) in [5.41, 5.74) is 0.574. The number of amides is 1. The molecular formula is C20H23NO8. The second-order valence-electron chi connectivity index (χ2n) is 5.56. The van der Waals surface area contributed by atoms with Crippen molar-refractivity contribution in [2.24, 2.45) is 0 Å². The molecule has 29 heavy (non-hydrogen) atoms. The maximum absolute atomic E-state index is 12.9. The van der Waals surface area contributed by atoms with E-state index in [1.807, 2.05) is 0 Å². The lowest BCUT2D eigenvalue weighted by Crippen LogP contribution is -2.15. The summed E-state index contributed by atoms with van der Waals surface area (Å²) in [5.74, 6) is 0.713. The third-order valence-corrected chi connectivity index (χ3v) is 3.95. The molecule has 0 fully saturated rings. The Morgan fingerprint density at radius 2 is 1.48 bits per heavy atom. The highest BCUT2D eigenvalue weighted by Gasteiger charge is 2.21. The van der Waals surface area contributed by atoms with Crippen LogP contribution in [0.25, 0.3) is 0 Å². The van der Waals surface area contributed by atoms with Crippen LogP contribution in [0.2, 0.25) is 0 Å².